The van der Waals surface area contributed by atoms with Gasteiger partial charge in [0, 0.05) is 23.6 Å². The Balaban J connectivity index is 1.55. The number of aromatic nitrogens is 1. The van der Waals surface area contributed by atoms with E-state index >= 15 is 0 Å². The zero-order chi connectivity index (χ0) is 19.3. The second-order valence-corrected chi connectivity index (χ2v) is 8.46. The van der Waals surface area contributed by atoms with E-state index < -0.39 is 23.5 Å². The van der Waals surface area contributed by atoms with E-state index in [9.17, 15) is 15.2 Å². The number of aliphatic hydroxyl groups is 1. The van der Waals surface area contributed by atoms with Crippen molar-refractivity contribution in [2.45, 2.75) is 43.3 Å². The van der Waals surface area contributed by atoms with Gasteiger partial charge in [0.05, 0.1) is 42.0 Å². The summed E-state index contributed by atoms with van der Waals surface area (Å²) in [6.45, 7) is 2.36. The van der Waals surface area contributed by atoms with Crippen LogP contribution in [0.1, 0.15) is 25.5 Å². The highest BCUT2D eigenvalue weighted by molar-refractivity contribution is 6.07. The quantitative estimate of drug-likeness (QED) is 0.813. The lowest BCUT2D eigenvalue weighted by molar-refractivity contribution is -0.163. The monoisotopic (exact) mass is 377 g/mol. The number of carbonyl (C=O) groups excluding carboxylic acids is 1. The molecular formula is C21H19N3O4. The standard InChI is InChI=1S/C21H19N3O4/c1-20-8-15(25)21(28-20)6-7-27-19-17(21)16(20)18(26)24(19)14-10-23-13(9-22)11-4-2-3-5-12(11)14/h2-5,10,15-17,19,25H,6-8H2,1H3/t15-,16+,17-,19-,20+,21-/m0/s1. The van der Waals surface area contributed by atoms with E-state index in [-0.39, 0.29) is 17.7 Å². The van der Waals surface area contributed by atoms with Gasteiger partial charge in [-0.2, -0.15) is 5.26 Å². The molecule has 4 saturated heterocycles. The maximum atomic E-state index is 13.6. The van der Waals surface area contributed by atoms with Gasteiger partial charge < -0.3 is 14.6 Å². The Bertz CT molecular complexity index is 1080. The van der Waals surface area contributed by atoms with Crippen molar-refractivity contribution in [1.82, 2.24) is 4.98 Å². The number of rotatable bonds is 1. The van der Waals surface area contributed by atoms with Gasteiger partial charge >= 0.3 is 0 Å². The van der Waals surface area contributed by atoms with Crippen LogP contribution in [0.4, 0.5) is 5.69 Å². The summed E-state index contributed by atoms with van der Waals surface area (Å²) in [5.74, 6) is -0.614. The van der Waals surface area contributed by atoms with Crippen LogP contribution in [0.5, 0.6) is 0 Å². The molecule has 0 unspecified atom stereocenters. The summed E-state index contributed by atoms with van der Waals surface area (Å²) in [5.41, 5.74) is -0.424. The van der Waals surface area contributed by atoms with Crippen molar-refractivity contribution in [1.29, 1.82) is 5.26 Å². The molecule has 4 aliphatic rings. The van der Waals surface area contributed by atoms with Gasteiger partial charge in [-0.3, -0.25) is 9.69 Å². The number of hydrogen-bond donors (Lipinski definition) is 1. The Labute approximate surface area is 161 Å². The number of aliphatic hydroxyl groups excluding tert-OH is 1. The normalized spacial score (nSPS) is 40.8. The third-order valence-electron chi connectivity index (χ3n) is 7.15. The third-order valence-corrected chi connectivity index (χ3v) is 7.15. The van der Waals surface area contributed by atoms with Gasteiger partial charge in [0.1, 0.15) is 23.6 Å². The number of fused-ring (bicyclic) bond motifs is 3. The number of ether oxygens (including phenoxy) is 2. The molecule has 28 heavy (non-hydrogen) atoms. The topological polar surface area (TPSA) is 95.7 Å². The number of nitriles is 1. The van der Waals surface area contributed by atoms with Gasteiger partial charge in [-0.15, -0.1) is 0 Å². The largest absolute Gasteiger partial charge is 0.390 e. The molecular weight excluding hydrogens is 358 g/mol. The Morgan fingerprint density at radius 1 is 1.36 bits per heavy atom. The number of benzene rings is 1. The molecule has 0 radical (unpaired) electrons. The molecule has 1 aromatic carbocycles. The molecule has 2 bridgehead atoms. The minimum atomic E-state index is -0.720. The number of pyridine rings is 1. The fraction of sp³-hybridized carbons (Fsp3) is 0.476. The first-order chi connectivity index (χ1) is 13.5. The smallest absolute Gasteiger partial charge is 0.235 e. The summed E-state index contributed by atoms with van der Waals surface area (Å²) in [7, 11) is 0. The first kappa shape index (κ1) is 16.4. The van der Waals surface area contributed by atoms with Crippen LogP contribution in [-0.2, 0) is 14.3 Å². The molecule has 7 heteroatoms. The number of anilines is 1. The lowest BCUT2D eigenvalue weighted by Gasteiger charge is -2.43. The highest BCUT2D eigenvalue weighted by Crippen LogP contribution is 2.65. The van der Waals surface area contributed by atoms with Crippen LogP contribution in [0.25, 0.3) is 10.8 Å². The van der Waals surface area contributed by atoms with E-state index in [0.717, 1.165) is 5.39 Å². The van der Waals surface area contributed by atoms with E-state index in [2.05, 4.69) is 11.1 Å². The lowest BCUT2D eigenvalue weighted by Crippen LogP contribution is -2.56. The second kappa shape index (κ2) is 5.09. The first-order valence-corrected chi connectivity index (χ1v) is 9.61. The summed E-state index contributed by atoms with van der Waals surface area (Å²) in [4.78, 5) is 19.6. The zero-order valence-electron chi connectivity index (χ0n) is 15.3. The van der Waals surface area contributed by atoms with Crippen molar-refractivity contribution < 1.29 is 19.4 Å². The molecule has 2 aromatic rings. The molecule has 5 heterocycles. The van der Waals surface area contributed by atoms with Crippen molar-refractivity contribution in [2.24, 2.45) is 11.8 Å². The van der Waals surface area contributed by atoms with Crippen LogP contribution < -0.4 is 4.90 Å². The molecule has 6 atom stereocenters. The van der Waals surface area contributed by atoms with Gasteiger partial charge in [0.25, 0.3) is 0 Å². The molecule has 4 aliphatic heterocycles. The molecule has 6 rings (SSSR count). The molecule has 7 nitrogen and oxygen atoms in total. The van der Waals surface area contributed by atoms with Crippen molar-refractivity contribution in [3.8, 4) is 6.07 Å². The SMILES string of the molecule is C[C@@]12C[C@H](O)[C@]3(CCO[C@H]4[C@@H]3[C@@H]1C(=O)N4c1cnc(C#N)c3ccccc13)O2. The van der Waals surface area contributed by atoms with Crippen LogP contribution >= 0.6 is 0 Å². The Morgan fingerprint density at radius 2 is 2.14 bits per heavy atom. The van der Waals surface area contributed by atoms with Gasteiger partial charge in [-0.1, -0.05) is 24.3 Å². The second-order valence-electron chi connectivity index (χ2n) is 8.46. The Kier molecular flexibility index (Phi) is 2.99. The summed E-state index contributed by atoms with van der Waals surface area (Å²) >= 11 is 0. The van der Waals surface area contributed by atoms with Crippen molar-refractivity contribution in [2.75, 3.05) is 11.5 Å². The average molecular weight is 377 g/mol. The molecule has 4 fully saturated rings. The summed E-state index contributed by atoms with van der Waals surface area (Å²) < 4.78 is 12.4. The lowest BCUT2D eigenvalue weighted by atomic mass is 9.65. The predicted molar refractivity (Wildman–Crippen MR) is 98.1 cm³/mol. The number of hydrogen-bond acceptors (Lipinski definition) is 6. The summed E-state index contributed by atoms with van der Waals surface area (Å²) in [6, 6.07) is 9.59. The summed E-state index contributed by atoms with van der Waals surface area (Å²) in [5, 5.41) is 21.7. The predicted octanol–water partition coefficient (Wildman–Crippen LogP) is 1.72. The molecule has 1 N–H and O–H groups in total. The van der Waals surface area contributed by atoms with E-state index in [1.54, 1.807) is 11.1 Å². The minimum absolute atomic E-state index is 0.0511. The zero-order valence-corrected chi connectivity index (χ0v) is 15.3. The minimum Gasteiger partial charge on any atom is -0.390 e. The highest BCUT2D eigenvalue weighted by atomic mass is 16.6. The van der Waals surface area contributed by atoms with E-state index in [4.69, 9.17) is 9.47 Å². The maximum Gasteiger partial charge on any atom is 0.235 e. The van der Waals surface area contributed by atoms with E-state index in [1.165, 1.54) is 0 Å². The van der Waals surface area contributed by atoms with Gasteiger partial charge in [-0.25, -0.2) is 4.98 Å². The maximum absolute atomic E-state index is 13.6. The summed E-state index contributed by atoms with van der Waals surface area (Å²) in [6.07, 6.45) is 1.56. The fourth-order valence-corrected chi connectivity index (χ4v) is 6.12. The number of carbonyl (C=O) groups is 1. The van der Waals surface area contributed by atoms with Crippen LogP contribution in [0.3, 0.4) is 0 Å². The van der Waals surface area contributed by atoms with E-state index in [1.807, 2.05) is 31.2 Å². The van der Waals surface area contributed by atoms with Crippen LogP contribution in [-0.4, -0.2) is 46.1 Å². The highest BCUT2D eigenvalue weighted by Gasteiger charge is 2.78. The Hall–Kier alpha value is -2.53. The first-order valence-electron chi connectivity index (χ1n) is 9.61. The molecule has 142 valence electrons. The molecule has 0 saturated carbocycles. The average Bonchev–Trinajstić information content (AvgIpc) is 3.24. The Morgan fingerprint density at radius 3 is 2.93 bits per heavy atom. The third kappa shape index (κ3) is 1.70. The molecule has 1 spiro atoms. The van der Waals surface area contributed by atoms with Crippen molar-refractivity contribution >= 4 is 22.4 Å². The number of amides is 1. The van der Waals surface area contributed by atoms with Crippen LogP contribution in [0.2, 0.25) is 0 Å². The van der Waals surface area contributed by atoms with Gasteiger partial charge in [-0.05, 0) is 6.92 Å². The van der Waals surface area contributed by atoms with Crippen molar-refractivity contribution in [3.05, 3.63) is 36.2 Å². The molecule has 0 aliphatic carbocycles. The van der Waals surface area contributed by atoms with Gasteiger partial charge in [0.2, 0.25) is 5.91 Å². The van der Waals surface area contributed by atoms with Crippen LogP contribution in [0, 0.1) is 23.2 Å². The van der Waals surface area contributed by atoms with Gasteiger partial charge in [0.15, 0.2) is 0 Å². The van der Waals surface area contributed by atoms with Crippen molar-refractivity contribution in [3.63, 3.8) is 0 Å². The number of nitrogens with zero attached hydrogens (tertiary/aromatic N) is 3. The molecule has 1 amide bonds. The van der Waals surface area contributed by atoms with Crippen LogP contribution in [0.15, 0.2) is 30.5 Å². The van der Waals surface area contributed by atoms with E-state index in [0.29, 0.717) is 36.2 Å². The fourth-order valence-electron chi connectivity index (χ4n) is 6.12. The molecule has 1 aromatic heterocycles.